The fourth-order valence-electron chi connectivity index (χ4n) is 1.64. The second-order valence-corrected chi connectivity index (χ2v) is 5.35. The molecule has 1 unspecified atom stereocenters. The largest absolute Gasteiger partial charge is 0.263 e. The molecule has 0 aliphatic heterocycles. The lowest BCUT2D eigenvalue weighted by atomic mass is 10.0. The van der Waals surface area contributed by atoms with Crippen LogP contribution in [-0.4, -0.2) is 4.98 Å². The van der Waals surface area contributed by atoms with E-state index >= 15 is 0 Å². The van der Waals surface area contributed by atoms with Gasteiger partial charge in [-0.2, -0.15) is 0 Å². The Labute approximate surface area is 117 Å². The molecule has 0 fully saturated rings. The highest BCUT2D eigenvalue weighted by molar-refractivity contribution is 9.09. The van der Waals surface area contributed by atoms with Crippen molar-refractivity contribution in [1.82, 2.24) is 4.98 Å². The molecule has 18 heavy (non-hydrogen) atoms. The summed E-state index contributed by atoms with van der Waals surface area (Å²) >= 11 is 9.40. The number of benzene rings is 1. The summed E-state index contributed by atoms with van der Waals surface area (Å²) in [6, 6.07) is 5.24. The number of alkyl halides is 1. The van der Waals surface area contributed by atoms with Crippen molar-refractivity contribution in [1.29, 1.82) is 0 Å². The average molecular weight is 333 g/mol. The van der Waals surface area contributed by atoms with Crippen LogP contribution in [0.5, 0.6) is 0 Å². The van der Waals surface area contributed by atoms with Crippen molar-refractivity contribution in [2.75, 3.05) is 0 Å². The topological polar surface area (TPSA) is 12.9 Å². The molecular formula is C13H9BrClF2N. The molecule has 5 heteroatoms. The molecule has 1 aromatic carbocycles. The van der Waals surface area contributed by atoms with Crippen LogP contribution in [0.4, 0.5) is 8.78 Å². The molecule has 0 saturated heterocycles. The predicted octanol–water partition coefficient (Wildman–Crippen LogP) is 4.69. The van der Waals surface area contributed by atoms with E-state index in [9.17, 15) is 8.78 Å². The van der Waals surface area contributed by atoms with Gasteiger partial charge < -0.3 is 0 Å². The zero-order valence-corrected chi connectivity index (χ0v) is 11.5. The molecule has 1 atom stereocenters. The Kier molecular flexibility index (Phi) is 4.30. The number of hydrogen-bond donors (Lipinski definition) is 0. The Morgan fingerprint density at radius 3 is 2.50 bits per heavy atom. The number of rotatable bonds is 3. The molecular weight excluding hydrogens is 324 g/mol. The molecule has 1 nitrogen and oxygen atoms in total. The van der Waals surface area contributed by atoms with Gasteiger partial charge in [-0.05, 0) is 35.7 Å². The average Bonchev–Trinajstić information content (AvgIpc) is 2.31. The molecule has 0 aliphatic rings. The van der Waals surface area contributed by atoms with E-state index in [2.05, 4.69) is 20.9 Å². The molecule has 0 N–H and O–H groups in total. The first-order chi connectivity index (χ1) is 8.56. The van der Waals surface area contributed by atoms with Crippen LogP contribution in [0.2, 0.25) is 5.02 Å². The molecule has 2 aromatic rings. The summed E-state index contributed by atoms with van der Waals surface area (Å²) in [4.78, 5) is 3.68. The van der Waals surface area contributed by atoms with Crippen LogP contribution in [0, 0.1) is 11.6 Å². The second kappa shape index (κ2) is 5.76. The lowest BCUT2D eigenvalue weighted by molar-refractivity contribution is 0.579. The van der Waals surface area contributed by atoms with Crippen LogP contribution in [0.15, 0.2) is 36.7 Å². The summed E-state index contributed by atoms with van der Waals surface area (Å²) in [6.45, 7) is 0. The third-order valence-corrected chi connectivity index (χ3v) is 3.69. The van der Waals surface area contributed by atoms with Crippen molar-refractivity contribution >= 4 is 27.5 Å². The fourth-order valence-corrected chi connectivity index (χ4v) is 2.45. The molecule has 1 aromatic heterocycles. The van der Waals surface area contributed by atoms with E-state index in [1.165, 1.54) is 12.1 Å². The summed E-state index contributed by atoms with van der Waals surface area (Å²) in [7, 11) is 0. The van der Waals surface area contributed by atoms with E-state index in [0.29, 0.717) is 17.0 Å². The van der Waals surface area contributed by atoms with Gasteiger partial charge in [-0.15, -0.1) is 0 Å². The van der Waals surface area contributed by atoms with E-state index in [1.54, 1.807) is 18.5 Å². The maximum Gasteiger partial charge on any atom is 0.126 e. The van der Waals surface area contributed by atoms with Crippen LogP contribution in [0.3, 0.4) is 0 Å². The Morgan fingerprint density at radius 1 is 1.22 bits per heavy atom. The van der Waals surface area contributed by atoms with Crippen molar-refractivity contribution in [2.45, 2.75) is 11.2 Å². The highest BCUT2D eigenvalue weighted by Gasteiger charge is 2.13. The van der Waals surface area contributed by atoms with Gasteiger partial charge in [0.1, 0.15) is 11.6 Å². The molecule has 0 spiro atoms. The van der Waals surface area contributed by atoms with Crippen LogP contribution in [0.25, 0.3) is 0 Å². The minimum absolute atomic E-state index is 0.206. The summed E-state index contributed by atoms with van der Waals surface area (Å²) in [5, 5.41) is 0.541. The van der Waals surface area contributed by atoms with Crippen molar-refractivity contribution < 1.29 is 8.78 Å². The van der Waals surface area contributed by atoms with Gasteiger partial charge >= 0.3 is 0 Å². The monoisotopic (exact) mass is 331 g/mol. The summed E-state index contributed by atoms with van der Waals surface area (Å²) < 4.78 is 26.2. The van der Waals surface area contributed by atoms with Crippen molar-refractivity contribution in [3.8, 4) is 0 Å². The molecule has 0 aliphatic carbocycles. The van der Waals surface area contributed by atoms with Crippen LogP contribution in [0.1, 0.15) is 16.0 Å². The Hall–Kier alpha value is -1.00. The number of halogens is 4. The first-order valence-corrected chi connectivity index (χ1v) is 6.54. The number of hydrogen-bond acceptors (Lipinski definition) is 1. The second-order valence-electron chi connectivity index (χ2n) is 3.84. The zero-order valence-electron chi connectivity index (χ0n) is 9.21. The minimum Gasteiger partial charge on any atom is -0.263 e. The van der Waals surface area contributed by atoms with Crippen LogP contribution >= 0.6 is 27.5 Å². The molecule has 0 amide bonds. The SMILES string of the molecule is Fc1cc(F)cc(C(Br)Cc2ccncc2Cl)c1. The van der Waals surface area contributed by atoms with E-state index in [1.807, 2.05) is 0 Å². The summed E-state index contributed by atoms with van der Waals surface area (Å²) in [6.07, 6.45) is 3.71. The number of nitrogens with zero attached hydrogens (tertiary/aromatic N) is 1. The van der Waals surface area contributed by atoms with Gasteiger partial charge in [-0.1, -0.05) is 27.5 Å². The Morgan fingerprint density at radius 2 is 1.89 bits per heavy atom. The Balaban J connectivity index is 2.22. The highest BCUT2D eigenvalue weighted by Crippen LogP contribution is 2.30. The van der Waals surface area contributed by atoms with Crippen molar-refractivity contribution in [2.24, 2.45) is 0 Å². The first kappa shape index (κ1) is 13.4. The van der Waals surface area contributed by atoms with Crippen LogP contribution < -0.4 is 0 Å². The minimum atomic E-state index is -0.588. The first-order valence-electron chi connectivity index (χ1n) is 5.24. The van der Waals surface area contributed by atoms with Crippen molar-refractivity contribution in [3.05, 3.63) is 64.4 Å². The van der Waals surface area contributed by atoms with E-state index < -0.39 is 11.6 Å². The molecule has 1 heterocycles. The Bertz CT molecular complexity index is 542. The quantitative estimate of drug-likeness (QED) is 0.743. The van der Waals surface area contributed by atoms with Crippen LogP contribution in [-0.2, 0) is 6.42 Å². The maximum absolute atomic E-state index is 13.1. The van der Waals surface area contributed by atoms with Gasteiger partial charge in [-0.3, -0.25) is 4.98 Å². The van der Waals surface area contributed by atoms with Crippen molar-refractivity contribution in [3.63, 3.8) is 0 Å². The third kappa shape index (κ3) is 3.27. The van der Waals surface area contributed by atoms with Gasteiger partial charge in [0.25, 0.3) is 0 Å². The third-order valence-electron chi connectivity index (χ3n) is 2.50. The lowest BCUT2D eigenvalue weighted by Crippen LogP contribution is -1.98. The molecule has 2 rings (SSSR count). The van der Waals surface area contributed by atoms with Gasteiger partial charge in [0.2, 0.25) is 0 Å². The van der Waals surface area contributed by atoms with Gasteiger partial charge in [-0.25, -0.2) is 8.78 Å². The molecule has 0 radical (unpaired) electrons. The summed E-state index contributed by atoms with van der Waals surface area (Å²) in [5.41, 5.74) is 1.42. The van der Waals surface area contributed by atoms with Gasteiger partial charge in [0.15, 0.2) is 0 Å². The molecule has 0 bridgehead atoms. The van der Waals surface area contributed by atoms with E-state index in [-0.39, 0.29) is 4.83 Å². The van der Waals surface area contributed by atoms with E-state index in [0.717, 1.165) is 11.6 Å². The standard InChI is InChI=1S/C13H9BrClF2N/c14-12(5-8-1-2-18-7-13(8)15)9-3-10(16)6-11(17)4-9/h1-4,6-7,12H,5H2. The number of aromatic nitrogens is 1. The smallest absolute Gasteiger partial charge is 0.126 e. The van der Waals surface area contributed by atoms with Gasteiger partial charge in [0.05, 0.1) is 5.02 Å². The normalized spacial score (nSPS) is 12.4. The number of pyridine rings is 1. The predicted molar refractivity (Wildman–Crippen MR) is 71.0 cm³/mol. The fraction of sp³-hybridized carbons (Fsp3) is 0.154. The van der Waals surface area contributed by atoms with Gasteiger partial charge in [0, 0.05) is 23.3 Å². The van der Waals surface area contributed by atoms with E-state index in [4.69, 9.17) is 11.6 Å². The highest BCUT2D eigenvalue weighted by atomic mass is 79.9. The maximum atomic E-state index is 13.1. The summed E-state index contributed by atoms with van der Waals surface area (Å²) in [5.74, 6) is -1.18. The molecule has 94 valence electrons. The zero-order chi connectivity index (χ0) is 13.1. The molecule has 0 saturated carbocycles. The lowest BCUT2D eigenvalue weighted by Gasteiger charge is -2.11.